The average Bonchev–Trinajstić information content (AvgIpc) is 2.44. The van der Waals surface area contributed by atoms with E-state index in [0.717, 1.165) is 12.1 Å². The summed E-state index contributed by atoms with van der Waals surface area (Å²) in [4.78, 5) is 23.0. The van der Waals surface area contributed by atoms with Crippen molar-refractivity contribution in [2.75, 3.05) is 5.32 Å². The number of amides is 1. The molecular weight excluding hydrogens is 313 g/mol. The summed E-state index contributed by atoms with van der Waals surface area (Å²) in [7, 11) is 0. The van der Waals surface area contributed by atoms with Crippen LogP contribution in [-0.4, -0.2) is 17.0 Å². The maximum Gasteiger partial charge on any atom is 0.308 e. The van der Waals surface area contributed by atoms with Gasteiger partial charge >= 0.3 is 5.97 Å². The first-order valence-electron chi connectivity index (χ1n) is 6.14. The van der Waals surface area contributed by atoms with Gasteiger partial charge in [-0.15, -0.1) is 0 Å². The molecule has 2 aromatic carbocycles. The molecule has 1 amide bonds. The maximum absolute atomic E-state index is 13.7. The van der Waals surface area contributed by atoms with Crippen molar-refractivity contribution in [2.45, 2.75) is 6.92 Å². The van der Waals surface area contributed by atoms with Crippen LogP contribution < -0.4 is 10.1 Å². The Balaban J connectivity index is 2.22. The zero-order chi connectivity index (χ0) is 16.3. The van der Waals surface area contributed by atoms with Crippen molar-refractivity contribution in [3.63, 3.8) is 0 Å². The molecular formula is C15H11ClFNO4. The number of halogens is 2. The molecule has 0 bridgehead atoms. The zero-order valence-corrected chi connectivity index (χ0v) is 12.1. The van der Waals surface area contributed by atoms with Crippen LogP contribution >= 0.6 is 11.6 Å². The van der Waals surface area contributed by atoms with E-state index < -0.39 is 23.4 Å². The predicted octanol–water partition coefficient (Wildman–Crippen LogP) is 3.36. The lowest BCUT2D eigenvalue weighted by atomic mass is 10.2. The molecule has 2 aromatic rings. The highest BCUT2D eigenvalue weighted by atomic mass is 35.5. The number of benzene rings is 2. The van der Waals surface area contributed by atoms with Gasteiger partial charge in [-0.05, 0) is 24.3 Å². The third kappa shape index (κ3) is 3.73. The zero-order valence-electron chi connectivity index (χ0n) is 11.4. The number of esters is 1. The highest BCUT2D eigenvalue weighted by Crippen LogP contribution is 2.29. The van der Waals surface area contributed by atoms with E-state index in [9.17, 15) is 19.1 Å². The molecule has 0 aromatic heterocycles. The molecule has 7 heteroatoms. The summed E-state index contributed by atoms with van der Waals surface area (Å²) < 4.78 is 18.5. The summed E-state index contributed by atoms with van der Waals surface area (Å²) in [6, 6.07) is 7.75. The number of carbonyl (C=O) groups is 2. The molecule has 0 heterocycles. The smallest absolute Gasteiger partial charge is 0.308 e. The van der Waals surface area contributed by atoms with Gasteiger partial charge in [0, 0.05) is 18.6 Å². The SMILES string of the molecule is CC(=O)Oc1cccc(C(=O)Nc2cc(Cl)c(O)cc2F)c1. The molecule has 0 aliphatic rings. The second-order valence-electron chi connectivity index (χ2n) is 4.36. The Morgan fingerprint density at radius 3 is 2.68 bits per heavy atom. The monoisotopic (exact) mass is 323 g/mol. The highest BCUT2D eigenvalue weighted by molar-refractivity contribution is 6.32. The van der Waals surface area contributed by atoms with E-state index >= 15 is 0 Å². The molecule has 0 unspecified atom stereocenters. The summed E-state index contributed by atoms with van der Waals surface area (Å²) in [6.07, 6.45) is 0. The number of anilines is 1. The summed E-state index contributed by atoms with van der Waals surface area (Å²) in [6.45, 7) is 1.24. The van der Waals surface area contributed by atoms with Crippen LogP contribution in [0.2, 0.25) is 5.02 Å². The third-order valence-corrected chi connectivity index (χ3v) is 2.95. The molecule has 0 spiro atoms. The van der Waals surface area contributed by atoms with Crippen LogP contribution in [0.25, 0.3) is 0 Å². The van der Waals surface area contributed by atoms with E-state index in [2.05, 4.69) is 5.32 Å². The number of hydrogen-bond acceptors (Lipinski definition) is 4. The standard InChI is InChI=1S/C15H11ClFNO4/c1-8(19)22-10-4-2-3-9(5-10)15(21)18-13-6-11(16)14(20)7-12(13)17/h2-7,20H,1H3,(H,18,21). The van der Waals surface area contributed by atoms with Crippen LogP contribution in [0.1, 0.15) is 17.3 Å². The first-order chi connectivity index (χ1) is 10.4. The lowest BCUT2D eigenvalue weighted by Crippen LogP contribution is -2.13. The lowest BCUT2D eigenvalue weighted by molar-refractivity contribution is -0.131. The number of carbonyl (C=O) groups excluding carboxylic acids is 2. The predicted molar refractivity (Wildman–Crippen MR) is 78.8 cm³/mol. The van der Waals surface area contributed by atoms with Gasteiger partial charge in [-0.1, -0.05) is 17.7 Å². The van der Waals surface area contributed by atoms with Crippen molar-refractivity contribution in [3.8, 4) is 11.5 Å². The van der Waals surface area contributed by atoms with Gasteiger partial charge in [-0.3, -0.25) is 9.59 Å². The highest BCUT2D eigenvalue weighted by Gasteiger charge is 2.13. The van der Waals surface area contributed by atoms with Crippen molar-refractivity contribution in [2.24, 2.45) is 0 Å². The average molecular weight is 324 g/mol. The third-order valence-electron chi connectivity index (χ3n) is 2.64. The van der Waals surface area contributed by atoms with Gasteiger partial charge < -0.3 is 15.2 Å². The molecule has 0 aliphatic carbocycles. The van der Waals surface area contributed by atoms with E-state index in [1.165, 1.54) is 31.2 Å². The van der Waals surface area contributed by atoms with Crippen LogP contribution in [0.5, 0.6) is 11.5 Å². The van der Waals surface area contributed by atoms with Gasteiger partial charge in [0.15, 0.2) is 5.82 Å². The van der Waals surface area contributed by atoms with Crippen molar-refractivity contribution in [3.05, 3.63) is 52.8 Å². The molecule has 0 aliphatic heterocycles. The second kappa shape index (κ2) is 6.44. The topological polar surface area (TPSA) is 75.6 Å². The van der Waals surface area contributed by atoms with Crippen LogP contribution in [0, 0.1) is 5.82 Å². The van der Waals surface area contributed by atoms with Crippen LogP contribution in [0.15, 0.2) is 36.4 Å². The minimum atomic E-state index is -0.827. The van der Waals surface area contributed by atoms with Gasteiger partial charge in [0.05, 0.1) is 10.7 Å². The largest absolute Gasteiger partial charge is 0.506 e. The van der Waals surface area contributed by atoms with Crippen molar-refractivity contribution < 1.29 is 23.8 Å². The molecule has 0 atom stereocenters. The Hall–Kier alpha value is -2.60. The number of ether oxygens (including phenoxy) is 1. The Labute approximate surface area is 130 Å². The van der Waals surface area contributed by atoms with E-state index in [0.29, 0.717) is 0 Å². The van der Waals surface area contributed by atoms with Crippen molar-refractivity contribution >= 4 is 29.2 Å². The normalized spacial score (nSPS) is 10.1. The Kier molecular flexibility index (Phi) is 4.62. The number of aromatic hydroxyl groups is 1. The number of rotatable bonds is 3. The second-order valence-corrected chi connectivity index (χ2v) is 4.77. The van der Waals surface area contributed by atoms with Gasteiger partial charge in [0.2, 0.25) is 0 Å². The molecule has 22 heavy (non-hydrogen) atoms. The molecule has 114 valence electrons. The Bertz CT molecular complexity index is 748. The number of hydrogen-bond donors (Lipinski definition) is 2. The number of phenolic OH excluding ortho intramolecular Hbond substituents is 1. The summed E-state index contributed by atoms with van der Waals surface area (Å²) in [5.74, 6) is -2.19. The van der Waals surface area contributed by atoms with Crippen LogP contribution in [0.3, 0.4) is 0 Å². The minimum Gasteiger partial charge on any atom is -0.506 e. The van der Waals surface area contributed by atoms with Gasteiger partial charge in [0.1, 0.15) is 11.5 Å². The summed E-state index contributed by atoms with van der Waals surface area (Å²) in [5.41, 5.74) is -0.00645. The Morgan fingerprint density at radius 2 is 2.00 bits per heavy atom. The van der Waals surface area contributed by atoms with Gasteiger partial charge in [-0.2, -0.15) is 0 Å². The number of phenols is 1. The fourth-order valence-corrected chi connectivity index (χ4v) is 1.86. The van der Waals surface area contributed by atoms with E-state index in [4.69, 9.17) is 16.3 Å². The van der Waals surface area contributed by atoms with E-state index in [1.54, 1.807) is 0 Å². The fourth-order valence-electron chi connectivity index (χ4n) is 1.69. The lowest BCUT2D eigenvalue weighted by Gasteiger charge is -2.09. The first kappa shape index (κ1) is 15.8. The first-order valence-corrected chi connectivity index (χ1v) is 6.52. The quantitative estimate of drug-likeness (QED) is 0.516. The molecule has 2 rings (SSSR count). The van der Waals surface area contributed by atoms with E-state index in [1.807, 2.05) is 0 Å². The fraction of sp³-hybridized carbons (Fsp3) is 0.0667. The minimum absolute atomic E-state index is 0.0923. The molecule has 0 radical (unpaired) electrons. The molecule has 0 fully saturated rings. The van der Waals surface area contributed by atoms with Crippen molar-refractivity contribution in [1.82, 2.24) is 0 Å². The van der Waals surface area contributed by atoms with Crippen molar-refractivity contribution in [1.29, 1.82) is 0 Å². The van der Waals surface area contributed by atoms with E-state index in [-0.39, 0.29) is 22.0 Å². The molecule has 0 saturated carbocycles. The van der Waals surface area contributed by atoms with Crippen LogP contribution in [0.4, 0.5) is 10.1 Å². The molecule has 2 N–H and O–H groups in total. The molecule has 0 saturated heterocycles. The summed E-state index contributed by atoms with van der Waals surface area (Å²) >= 11 is 5.67. The van der Waals surface area contributed by atoms with Gasteiger partial charge in [0.25, 0.3) is 5.91 Å². The summed E-state index contributed by atoms with van der Waals surface area (Å²) in [5, 5.41) is 11.5. The van der Waals surface area contributed by atoms with Gasteiger partial charge in [-0.25, -0.2) is 4.39 Å². The maximum atomic E-state index is 13.7. The number of nitrogens with one attached hydrogen (secondary N) is 1. The molecule has 5 nitrogen and oxygen atoms in total. The van der Waals surface area contributed by atoms with Crippen LogP contribution in [-0.2, 0) is 4.79 Å². The Morgan fingerprint density at radius 1 is 1.27 bits per heavy atom.